The number of imide groups is 1. The molecule has 0 radical (unpaired) electrons. The van der Waals surface area contributed by atoms with Gasteiger partial charge < -0.3 is 5.32 Å². The van der Waals surface area contributed by atoms with Crippen LogP contribution in [0.3, 0.4) is 0 Å². The highest BCUT2D eigenvalue weighted by Crippen LogP contribution is 2.28. The number of nitrogens with zero attached hydrogens (tertiary/aromatic N) is 1. The highest BCUT2D eigenvalue weighted by Gasteiger charge is 2.31. The van der Waals surface area contributed by atoms with Gasteiger partial charge in [-0.05, 0) is 25.3 Å². The Morgan fingerprint density at radius 1 is 1.32 bits per heavy atom. The molecule has 0 bridgehead atoms. The summed E-state index contributed by atoms with van der Waals surface area (Å²) in [5, 5.41) is 4.89. The normalized spacial score (nSPS) is 14.0. The molecule has 0 saturated heterocycles. The topological polar surface area (TPSA) is 61.4 Å². The molecule has 120 valence electrons. The summed E-state index contributed by atoms with van der Waals surface area (Å²) in [5.74, 6) is -0.633. The van der Waals surface area contributed by atoms with Gasteiger partial charge in [0, 0.05) is 24.7 Å². The molecule has 2 N–H and O–H groups in total. The maximum atomic E-state index is 13.7. The summed E-state index contributed by atoms with van der Waals surface area (Å²) in [7, 11) is 0. The molecule has 0 atom stereocenters. The molecule has 0 heterocycles. The number of amides is 3. The molecule has 1 aliphatic carbocycles. The lowest BCUT2D eigenvalue weighted by Crippen LogP contribution is -2.45. The van der Waals surface area contributed by atoms with Crippen molar-refractivity contribution in [1.82, 2.24) is 15.5 Å². The molecular weight excluding hydrogens is 285 g/mol. The molecule has 5 nitrogen and oxygen atoms in total. The standard InChI is InChI=1S/C16H22FN3O2/c1-2-9-18-16(22)19-15(21)11-20(13-7-8-13)10-12-5-3-4-6-14(12)17/h3-6,13H,2,7-11H2,1H3,(H2,18,19,21,22). The molecule has 0 spiro atoms. The van der Waals surface area contributed by atoms with Crippen molar-refractivity contribution in [3.8, 4) is 0 Å². The molecule has 2 rings (SSSR count). The van der Waals surface area contributed by atoms with Crippen LogP contribution in [-0.4, -0.2) is 36.0 Å². The zero-order chi connectivity index (χ0) is 15.9. The third kappa shape index (κ3) is 5.11. The molecule has 3 amide bonds. The Morgan fingerprint density at radius 2 is 2.05 bits per heavy atom. The second-order valence-electron chi connectivity index (χ2n) is 5.53. The van der Waals surface area contributed by atoms with Crippen LogP contribution in [0.2, 0.25) is 0 Å². The summed E-state index contributed by atoms with van der Waals surface area (Å²) < 4.78 is 13.7. The van der Waals surface area contributed by atoms with E-state index in [-0.39, 0.29) is 18.3 Å². The fourth-order valence-corrected chi connectivity index (χ4v) is 2.23. The van der Waals surface area contributed by atoms with Crippen molar-refractivity contribution in [1.29, 1.82) is 0 Å². The molecule has 1 aromatic rings. The van der Waals surface area contributed by atoms with Crippen LogP contribution in [-0.2, 0) is 11.3 Å². The SMILES string of the molecule is CCCNC(=O)NC(=O)CN(Cc1ccccc1F)C1CC1. The predicted octanol–water partition coefficient (Wildman–Crippen LogP) is 2.03. The Balaban J connectivity index is 1.88. The maximum absolute atomic E-state index is 13.7. The van der Waals surface area contributed by atoms with Crippen molar-refractivity contribution in [3.05, 3.63) is 35.6 Å². The average molecular weight is 307 g/mol. The number of hydrogen-bond donors (Lipinski definition) is 2. The second-order valence-corrected chi connectivity index (χ2v) is 5.53. The van der Waals surface area contributed by atoms with Crippen LogP contribution >= 0.6 is 0 Å². The van der Waals surface area contributed by atoms with Gasteiger partial charge in [0.15, 0.2) is 0 Å². The first kappa shape index (κ1) is 16.4. The lowest BCUT2D eigenvalue weighted by molar-refractivity contribution is -0.121. The summed E-state index contributed by atoms with van der Waals surface area (Å²) in [5.41, 5.74) is 0.567. The molecule has 1 aliphatic rings. The number of halogens is 1. The highest BCUT2D eigenvalue weighted by molar-refractivity contribution is 5.95. The van der Waals surface area contributed by atoms with E-state index in [0.717, 1.165) is 19.3 Å². The van der Waals surface area contributed by atoms with Crippen molar-refractivity contribution >= 4 is 11.9 Å². The number of nitrogens with one attached hydrogen (secondary N) is 2. The Kier molecular flexibility index (Phi) is 5.89. The minimum absolute atomic E-state index is 0.0958. The fraction of sp³-hybridized carbons (Fsp3) is 0.500. The monoisotopic (exact) mass is 307 g/mol. The van der Waals surface area contributed by atoms with Gasteiger partial charge in [-0.1, -0.05) is 25.1 Å². The number of carbonyl (C=O) groups excluding carboxylic acids is 2. The van der Waals surface area contributed by atoms with Crippen LogP contribution in [0.1, 0.15) is 31.7 Å². The lowest BCUT2D eigenvalue weighted by Gasteiger charge is -2.21. The molecule has 6 heteroatoms. The lowest BCUT2D eigenvalue weighted by atomic mass is 10.2. The highest BCUT2D eigenvalue weighted by atomic mass is 19.1. The molecule has 22 heavy (non-hydrogen) atoms. The molecule has 0 unspecified atom stereocenters. The van der Waals surface area contributed by atoms with E-state index in [0.29, 0.717) is 24.7 Å². The summed E-state index contributed by atoms with van der Waals surface area (Å²) in [6, 6.07) is 6.37. The first-order valence-corrected chi connectivity index (χ1v) is 7.65. The summed E-state index contributed by atoms with van der Waals surface area (Å²) in [6.07, 6.45) is 2.82. The van der Waals surface area contributed by atoms with E-state index >= 15 is 0 Å². The maximum Gasteiger partial charge on any atom is 0.321 e. The van der Waals surface area contributed by atoms with E-state index in [2.05, 4.69) is 10.6 Å². The summed E-state index contributed by atoms with van der Waals surface area (Å²) in [6.45, 7) is 2.94. The molecule has 1 fully saturated rings. The first-order chi connectivity index (χ1) is 10.6. The van der Waals surface area contributed by atoms with Gasteiger partial charge in [0.05, 0.1) is 6.54 Å². The van der Waals surface area contributed by atoms with Crippen molar-refractivity contribution in [2.24, 2.45) is 0 Å². The molecule has 1 saturated carbocycles. The van der Waals surface area contributed by atoms with Crippen LogP contribution < -0.4 is 10.6 Å². The van der Waals surface area contributed by atoms with E-state index in [1.165, 1.54) is 6.07 Å². The quantitative estimate of drug-likeness (QED) is 0.810. The molecule has 0 aliphatic heterocycles. The smallest absolute Gasteiger partial charge is 0.321 e. The zero-order valence-electron chi connectivity index (χ0n) is 12.8. The van der Waals surface area contributed by atoms with Gasteiger partial charge >= 0.3 is 6.03 Å². The number of hydrogen-bond acceptors (Lipinski definition) is 3. The van der Waals surface area contributed by atoms with Gasteiger partial charge in [0.25, 0.3) is 0 Å². The Hall–Kier alpha value is -1.95. The predicted molar refractivity (Wildman–Crippen MR) is 81.7 cm³/mol. The number of benzene rings is 1. The fourth-order valence-electron chi connectivity index (χ4n) is 2.23. The number of urea groups is 1. The summed E-state index contributed by atoms with van der Waals surface area (Å²) in [4.78, 5) is 25.3. The van der Waals surface area contributed by atoms with Crippen LogP contribution in [0.4, 0.5) is 9.18 Å². The third-order valence-electron chi connectivity index (χ3n) is 3.53. The Morgan fingerprint density at radius 3 is 2.68 bits per heavy atom. The minimum Gasteiger partial charge on any atom is -0.338 e. The average Bonchev–Trinajstić information content (AvgIpc) is 3.31. The molecule has 0 aromatic heterocycles. The van der Waals surface area contributed by atoms with E-state index in [1.54, 1.807) is 18.2 Å². The van der Waals surface area contributed by atoms with Gasteiger partial charge in [0.2, 0.25) is 5.91 Å². The largest absolute Gasteiger partial charge is 0.338 e. The van der Waals surface area contributed by atoms with Gasteiger partial charge in [-0.3, -0.25) is 15.0 Å². The third-order valence-corrected chi connectivity index (χ3v) is 3.53. The molecule has 1 aromatic carbocycles. The van der Waals surface area contributed by atoms with Crippen LogP contribution in [0.5, 0.6) is 0 Å². The van der Waals surface area contributed by atoms with E-state index < -0.39 is 6.03 Å². The van der Waals surface area contributed by atoms with E-state index in [9.17, 15) is 14.0 Å². The van der Waals surface area contributed by atoms with Crippen LogP contribution in [0, 0.1) is 5.82 Å². The Bertz CT molecular complexity index is 532. The van der Waals surface area contributed by atoms with Crippen molar-refractivity contribution in [3.63, 3.8) is 0 Å². The van der Waals surface area contributed by atoms with E-state index in [4.69, 9.17) is 0 Å². The minimum atomic E-state index is -0.478. The first-order valence-electron chi connectivity index (χ1n) is 7.65. The summed E-state index contributed by atoms with van der Waals surface area (Å²) >= 11 is 0. The van der Waals surface area contributed by atoms with Gasteiger partial charge in [-0.25, -0.2) is 9.18 Å². The zero-order valence-corrected chi connectivity index (χ0v) is 12.8. The van der Waals surface area contributed by atoms with Crippen LogP contribution in [0.15, 0.2) is 24.3 Å². The van der Waals surface area contributed by atoms with Crippen molar-refractivity contribution in [2.75, 3.05) is 13.1 Å². The number of carbonyl (C=O) groups is 2. The van der Waals surface area contributed by atoms with Crippen molar-refractivity contribution in [2.45, 2.75) is 38.8 Å². The van der Waals surface area contributed by atoms with Crippen molar-refractivity contribution < 1.29 is 14.0 Å². The van der Waals surface area contributed by atoms with Gasteiger partial charge in [0.1, 0.15) is 5.82 Å². The molecular formula is C16H22FN3O2. The number of rotatable bonds is 7. The Labute approximate surface area is 129 Å². The van der Waals surface area contributed by atoms with E-state index in [1.807, 2.05) is 11.8 Å². The van der Waals surface area contributed by atoms with Crippen LogP contribution in [0.25, 0.3) is 0 Å². The van der Waals surface area contributed by atoms with Gasteiger partial charge in [-0.15, -0.1) is 0 Å². The second kappa shape index (κ2) is 7.89. The van der Waals surface area contributed by atoms with Gasteiger partial charge in [-0.2, -0.15) is 0 Å².